The van der Waals surface area contributed by atoms with Crippen molar-refractivity contribution in [2.24, 2.45) is 0 Å². The molecule has 2 aromatic rings. The van der Waals surface area contributed by atoms with E-state index < -0.39 is 11.7 Å². The van der Waals surface area contributed by atoms with E-state index in [2.05, 4.69) is 5.32 Å². The van der Waals surface area contributed by atoms with Crippen LogP contribution in [0, 0.1) is 0 Å². The lowest BCUT2D eigenvalue weighted by Crippen LogP contribution is -2.35. The molecule has 2 aromatic carbocycles. The van der Waals surface area contributed by atoms with Gasteiger partial charge in [0.15, 0.2) is 0 Å². The summed E-state index contributed by atoms with van der Waals surface area (Å²) >= 11 is 0. The minimum Gasteiger partial charge on any atom is -0.485 e. The fourth-order valence-electron chi connectivity index (χ4n) is 4.02. The number of methoxy groups -OCH3 is 1. The first-order chi connectivity index (χ1) is 12.5. The Morgan fingerprint density at radius 1 is 1.31 bits per heavy atom. The minimum absolute atomic E-state index is 0.186. The summed E-state index contributed by atoms with van der Waals surface area (Å²) in [5, 5.41) is 13.3. The molecule has 1 aliphatic carbocycles. The Morgan fingerprint density at radius 2 is 2.12 bits per heavy atom. The molecule has 0 fully saturated rings. The number of rotatable bonds is 4. The molecule has 1 heterocycles. The minimum atomic E-state index is -0.598. The molecule has 0 spiro atoms. The van der Waals surface area contributed by atoms with E-state index >= 15 is 0 Å². The average Bonchev–Trinajstić information content (AvgIpc) is 3.10. The smallest absolute Gasteiger partial charge is 0.251 e. The van der Waals surface area contributed by atoms with Crippen LogP contribution in [0.15, 0.2) is 42.5 Å². The summed E-state index contributed by atoms with van der Waals surface area (Å²) in [4.78, 5) is 12.8. The van der Waals surface area contributed by atoms with Crippen LogP contribution >= 0.6 is 0 Å². The second-order valence-corrected chi connectivity index (χ2v) is 7.41. The fraction of sp³-hybridized carbons (Fsp3) is 0.381. The first-order valence-corrected chi connectivity index (χ1v) is 8.87. The van der Waals surface area contributed by atoms with Gasteiger partial charge in [-0.1, -0.05) is 24.3 Å². The summed E-state index contributed by atoms with van der Waals surface area (Å²) in [5.74, 6) is 0.612. The molecule has 0 bridgehead atoms. The molecule has 0 unspecified atom stereocenters. The van der Waals surface area contributed by atoms with Gasteiger partial charge in [-0.3, -0.25) is 4.79 Å². The predicted molar refractivity (Wildman–Crippen MR) is 97.4 cm³/mol. The molecule has 0 aromatic heterocycles. The number of nitrogens with one attached hydrogen (secondary N) is 1. The lowest BCUT2D eigenvalue weighted by Gasteiger charge is -2.22. The van der Waals surface area contributed by atoms with Crippen molar-refractivity contribution in [1.29, 1.82) is 0 Å². The SMILES string of the molecule is COC[C@@]1(C)Cc2cc(C(=O)N[C@@H]3c4ccccc4C[C@H]3O)ccc2O1. The number of aliphatic hydroxyl groups is 1. The summed E-state index contributed by atoms with van der Waals surface area (Å²) in [7, 11) is 1.65. The van der Waals surface area contributed by atoms with Crippen LogP contribution in [-0.2, 0) is 17.6 Å². The Labute approximate surface area is 152 Å². The molecule has 5 heteroatoms. The van der Waals surface area contributed by atoms with Crippen LogP contribution in [0.5, 0.6) is 5.75 Å². The summed E-state index contributed by atoms with van der Waals surface area (Å²) in [5.41, 5.74) is 3.26. The molecule has 2 N–H and O–H groups in total. The molecule has 0 saturated heterocycles. The molecule has 3 atom stereocenters. The maximum Gasteiger partial charge on any atom is 0.251 e. The van der Waals surface area contributed by atoms with Crippen LogP contribution in [0.2, 0.25) is 0 Å². The van der Waals surface area contributed by atoms with E-state index in [9.17, 15) is 9.90 Å². The molecule has 4 rings (SSSR count). The summed E-state index contributed by atoms with van der Waals surface area (Å²) in [6.07, 6.45) is 0.667. The second kappa shape index (κ2) is 6.41. The highest BCUT2D eigenvalue weighted by Gasteiger charge is 2.36. The van der Waals surface area contributed by atoms with Crippen LogP contribution in [0.1, 0.15) is 40.0 Å². The zero-order valence-corrected chi connectivity index (χ0v) is 15.0. The third kappa shape index (κ3) is 2.97. The second-order valence-electron chi connectivity index (χ2n) is 7.41. The van der Waals surface area contributed by atoms with E-state index in [1.165, 1.54) is 0 Å². The highest BCUT2D eigenvalue weighted by atomic mass is 16.5. The Bertz CT molecular complexity index is 850. The van der Waals surface area contributed by atoms with Crippen LogP contribution in [0.3, 0.4) is 0 Å². The number of ether oxygens (including phenoxy) is 2. The van der Waals surface area contributed by atoms with Crippen molar-refractivity contribution in [1.82, 2.24) is 5.32 Å². The Balaban J connectivity index is 1.52. The van der Waals surface area contributed by atoms with Crippen molar-refractivity contribution in [2.75, 3.05) is 13.7 Å². The average molecular weight is 353 g/mol. The lowest BCUT2D eigenvalue weighted by molar-refractivity contribution is 0.0205. The van der Waals surface area contributed by atoms with E-state index in [4.69, 9.17) is 9.47 Å². The van der Waals surface area contributed by atoms with Gasteiger partial charge in [-0.25, -0.2) is 0 Å². The van der Waals surface area contributed by atoms with Crippen molar-refractivity contribution in [3.8, 4) is 5.75 Å². The van der Waals surface area contributed by atoms with Crippen LogP contribution in [0.4, 0.5) is 0 Å². The summed E-state index contributed by atoms with van der Waals surface area (Å²) in [6.45, 7) is 2.50. The van der Waals surface area contributed by atoms with Gasteiger partial charge in [0.05, 0.1) is 18.8 Å². The Morgan fingerprint density at radius 3 is 2.92 bits per heavy atom. The lowest BCUT2D eigenvalue weighted by atomic mass is 9.98. The number of fused-ring (bicyclic) bond motifs is 2. The first-order valence-electron chi connectivity index (χ1n) is 8.87. The van der Waals surface area contributed by atoms with Crippen molar-refractivity contribution < 1.29 is 19.4 Å². The number of benzene rings is 2. The fourth-order valence-corrected chi connectivity index (χ4v) is 4.02. The number of hydrogen-bond acceptors (Lipinski definition) is 4. The molecule has 0 saturated carbocycles. The van der Waals surface area contributed by atoms with Crippen LogP contribution in [0.25, 0.3) is 0 Å². The van der Waals surface area contributed by atoms with Crippen molar-refractivity contribution in [3.05, 3.63) is 64.7 Å². The molecule has 5 nitrogen and oxygen atoms in total. The zero-order chi connectivity index (χ0) is 18.3. The Kier molecular flexibility index (Phi) is 4.21. The maximum absolute atomic E-state index is 12.8. The van der Waals surface area contributed by atoms with E-state index in [0.717, 1.165) is 22.4 Å². The van der Waals surface area contributed by atoms with Crippen LogP contribution in [-0.4, -0.2) is 36.4 Å². The van der Waals surface area contributed by atoms with Crippen molar-refractivity contribution >= 4 is 5.91 Å². The topological polar surface area (TPSA) is 67.8 Å². The number of carbonyl (C=O) groups is 1. The zero-order valence-electron chi connectivity index (χ0n) is 15.0. The molecule has 1 aliphatic heterocycles. The van der Waals surface area contributed by atoms with E-state index in [-0.39, 0.29) is 11.9 Å². The van der Waals surface area contributed by atoms with Gasteiger partial charge in [-0.15, -0.1) is 0 Å². The summed E-state index contributed by atoms with van der Waals surface area (Å²) in [6, 6.07) is 12.9. The molecule has 1 amide bonds. The molecular formula is C21H23NO4. The van der Waals surface area contributed by atoms with Gasteiger partial charge < -0.3 is 19.9 Å². The monoisotopic (exact) mass is 353 g/mol. The van der Waals surface area contributed by atoms with Crippen molar-refractivity contribution in [2.45, 2.75) is 37.5 Å². The van der Waals surface area contributed by atoms with Gasteiger partial charge in [-0.05, 0) is 41.8 Å². The first kappa shape index (κ1) is 17.1. The third-order valence-electron chi connectivity index (χ3n) is 5.18. The van der Waals surface area contributed by atoms with Gasteiger partial charge in [0.2, 0.25) is 0 Å². The van der Waals surface area contributed by atoms with Gasteiger partial charge in [0, 0.05) is 25.5 Å². The van der Waals surface area contributed by atoms with E-state index in [1.54, 1.807) is 13.2 Å². The van der Waals surface area contributed by atoms with E-state index in [1.807, 2.05) is 43.3 Å². The Hall–Kier alpha value is -2.37. The molecule has 0 radical (unpaired) electrons. The highest BCUT2D eigenvalue weighted by molar-refractivity contribution is 5.95. The summed E-state index contributed by atoms with van der Waals surface area (Å²) < 4.78 is 11.2. The quantitative estimate of drug-likeness (QED) is 0.886. The number of hydrogen-bond donors (Lipinski definition) is 2. The third-order valence-corrected chi connectivity index (χ3v) is 5.18. The number of carbonyl (C=O) groups excluding carboxylic acids is 1. The maximum atomic E-state index is 12.8. The van der Waals surface area contributed by atoms with Crippen LogP contribution < -0.4 is 10.1 Å². The van der Waals surface area contributed by atoms with Gasteiger partial charge in [0.25, 0.3) is 5.91 Å². The highest BCUT2D eigenvalue weighted by Crippen LogP contribution is 2.36. The van der Waals surface area contributed by atoms with Gasteiger partial charge in [0.1, 0.15) is 11.4 Å². The largest absolute Gasteiger partial charge is 0.485 e. The standard InChI is InChI=1S/C21H23NO4/c1-21(12-25-2)11-15-9-14(7-8-18(15)26-21)20(24)22-19-16-6-4-3-5-13(16)10-17(19)23/h3-9,17,19,23H,10-12H2,1-2H3,(H,22,24)/t17-,19-,21-/m1/s1. The van der Waals surface area contributed by atoms with E-state index in [0.29, 0.717) is 25.0 Å². The van der Waals surface area contributed by atoms with Gasteiger partial charge >= 0.3 is 0 Å². The molecule has 26 heavy (non-hydrogen) atoms. The molecule has 136 valence electrons. The normalized spacial score (nSPS) is 26.1. The number of aliphatic hydroxyl groups excluding tert-OH is 1. The number of amides is 1. The van der Waals surface area contributed by atoms with Crippen molar-refractivity contribution in [3.63, 3.8) is 0 Å². The predicted octanol–water partition coefficient (Wildman–Crippen LogP) is 2.41. The molecule has 2 aliphatic rings. The molecular weight excluding hydrogens is 330 g/mol. The van der Waals surface area contributed by atoms with Gasteiger partial charge in [-0.2, -0.15) is 0 Å².